The Balaban J connectivity index is 0.00000245. The topological polar surface area (TPSA) is 73.9 Å². The Morgan fingerprint density at radius 3 is 2.16 bits per heavy atom. The van der Waals surface area contributed by atoms with Crippen molar-refractivity contribution >= 4 is 24.5 Å². The molecule has 0 aromatic heterocycles. The van der Waals surface area contributed by atoms with E-state index in [2.05, 4.69) is 10.6 Å². The van der Waals surface area contributed by atoms with E-state index < -0.39 is 5.60 Å². The summed E-state index contributed by atoms with van der Waals surface area (Å²) in [7, 11) is 0. The highest BCUT2D eigenvalue weighted by Crippen LogP contribution is 2.45. The van der Waals surface area contributed by atoms with E-state index in [1.165, 1.54) is 0 Å². The van der Waals surface area contributed by atoms with Crippen LogP contribution in [0.4, 0.5) is 9.59 Å². The van der Waals surface area contributed by atoms with Crippen molar-refractivity contribution in [1.82, 2.24) is 20.4 Å². The molecule has 2 N–H and O–H groups in total. The number of benzene rings is 2. The minimum absolute atomic E-state index is 0. The second-order valence-electron chi connectivity index (χ2n) is 8.46. The summed E-state index contributed by atoms with van der Waals surface area (Å²) >= 11 is 0. The van der Waals surface area contributed by atoms with Gasteiger partial charge in [0.25, 0.3) is 0 Å². The van der Waals surface area contributed by atoms with Gasteiger partial charge in [-0.2, -0.15) is 0 Å². The van der Waals surface area contributed by atoms with Gasteiger partial charge in [-0.1, -0.05) is 60.7 Å². The summed E-state index contributed by atoms with van der Waals surface area (Å²) in [5.74, 6) is 0. The summed E-state index contributed by atoms with van der Waals surface area (Å²) in [6, 6.07) is 19.6. The van der Waals surface area contributed by atoms with Gasteiger partial charge in [-0.25, -0.2) is 9.59 Å². The first-order valence-corrected chi connectivity index (χ1v) is 11.1. The Morgan fingerprint density at radius 2 is 1.56 bits per heavy atom. The van der Waals surface area contributed by atoms with Crippen molar-refractivity contribution < 1.29 is 14.3 Å². The lowest BCUT2D eigenvalue weighted by Gasteiger charge is -2.42. The first-order valence-electron chi connectivity index (χ1n) is 11.1. The van der Waals surface area contributed by atoms with Crippen molar-refractivity contribution in [2.75, 3.05) is 32.7 Å². The number of amides is 3. The number of hydrogen-bond donors (Lipinski definition) is 2. The molecule has 1 unspecified atom stereocenters. The van der Waals surface area contributed by atoms with Gasteiger partial charge in [0.15, 0.2) is 5.60 Å². The third-order valence-electron chi connectivity index (χ3n) is 6.69. The Morgan fingerprint density at radius 1 is 0.969 bits per heavy atom. The van der Waals surface area contributed by atoms with Crippen LogP contribution in [0, 0.1) is 0 Å². The lowest BCUT2D eigenvalue weighted by molar-refractivity contribution is 0.0508. The third kappa shape index (κ3) is 3.91. The second kappa shape index (κ2) is 9.38. The molecule has 0 aliphatic carbocycles. The highest BCUT2D eigenvalue weighted by atomic mass is 35.5. The van der Waals surface area contributed by atoms with E-state index in [0.29, 0.717) is 19.6 Å². The molecule has 170 valence electrons. The number of cyclic esters (lactones) is 1. The molecule has 0 spiro atoms. The molecule has 0 radical (unpaired) electrons. The standard InChI is InChI=1S/C24H28N4O3.ClH/c29-22(26-20-11-13-25-14-12-20)27-15-16-28-21(17-27)24(31-23(28)30,18-7-3-1-4-8-18)19-9-5-2-6-10-19;/h1-10,20-21,25H,11-17H2,(H,26,29);1H. The molecule has 7 nitrogen and oxygen atoms in total. The van der Waals surface area contributed by atoms with Crippen LogP contribution in [0.15, 0.2) is 60.7 Å². The number of piperidine rings is 1. The van der Waals surface area contributed by atoms with Gasteiger partial charge in [-0.15, -0.1) is 12.4 Å². The first kappa shape index (κ1) is 22.4. The number of hydrogen-bond acceptors (Lipinski definition) is 4. The average molecular weight is 457 g/mol. The van der Waals surface area contributed by atoms with Gasteiger partial charge in [-0.05, 0) is 25.9 Å². The Kier molecular flexibility index (Phi) is 6.58. The van der Waals surface area contributed by atoms with Crippen LogP contribution < -0.4 is 10.6 Å². The van der Waals surface area contributed by atoms with Crippen molar-refractivity contribution in [3.63, 3.8) is 0 Å². The number of urea groups is 1. The quantitative estimate of drug-likeness (QED) is 0.744. The molecule has 2 aromatic rings. The van der Waals surface area contributed by atoms with Crippen molar-refractivity contribution in [3.05, 3.63) is 71.8 Å². The molecule has 32 heavy (non-hydrogen) atoms. The van der Waals surface area contributed by atoms with Crippen molar-refractivity contribution in [2.24, 2.45) is 0 Å². The molecule has 5 rings (SSSR count). The third-order valence-corrected chi connectivity index (χ3v) is 6.69. The molecule has 3 saturated heterocycles. The van der Waals surface area contributed by atoms with Crippen LogP contribution in [0.25, 0.3) is 0 Å². The SMILES string of the molecule is Cl.O=C(NC1CCNCC1)N1CCN2C(=O)OC(c3ccccc3)(c3ccccc3)C2C1. The van der Waals surface area contributed by atoms with Gasteiger partial charge >= 0.3 is 12.1 Å². The Labute approximate surface area is 194 Å². The predicted molar refractivity (Wildman–Crippen MR) is 124 cm³/mol. The molecule has 8 heteroatoms. The maximum atomic E-state index is 13.1. The molecule has 1 atom stereocenters. The van der Waals surface area contributed by atoms with E-state index in [1.54, 1.807) is 4.90 Å². The summed E-state index contributed by atoms with van der Waals surface area (Å²) < 4.78 is 6.17. The lowest BCUT2D eigenvalue weighted by atomic mass is 9.79. The number of carbonyl (C=O) groups is 2. The number of halogens is 1. The fourth-order valence-corrected chi connectivity index (χ4v) is 5.07. The Hall–Kier alpha value is -2.77. The zero-order valence-corrected chi connectivity index (χ0v) is 18.7. The van der Waals surface area contributed by atoms with E-state index in [9.17, 15) is 9.59 Å². The van der Waals surface area contributed by atoms with Crippen LogP contribution in [-0.4, -0.2) is 66.7 Å². The second-order valence-corrected chi connectivity index (χ2v) is 8.46. The molecular formula is C24H29ClN4O3. The summed E-state index contributed by atoms with van der Waals surface area (Å²) in [5.41, 5.74) is 0.887. The molecular weight excluding hydrogens is 428 g/mol. The fourth-order valence-electron chi connectivity index (χ4n) is 5.07. The molecule has 3 heterocycles. The number of carbonyl (C=O) groups excluding carboxylic acids is 2. The molecule has 3 aliphatic heterocycles. The molecule has 3 aliphatic rings. The van der Waals surface area contributed by atoms with Gasteiger partial charge in [0.1, 0.15) is 6.04 Å². The minimum atomic E-state index is -0.951. The number of nitrogens with one attached hydrogen (secondary N) is 2. The summed E-state index contributed by atoms with van der Waals surface area (Å²) in [4.78, 5) is 29.6. The van der Waals surface area contributed by atoms with Crippen LogP contribution >= 0.6 is 12.4 Å². The van der Waals surface area contributed by atoms with Gasteiger partial charge in [0, 0.05) is 36.8 Å². The van der Waals surface area contributed by atoms with E-state index in [4.69, 9.17) is 4.74 Å². The van der Waals surface area contributed by atoms with Crippen LogP contribution in [-0.2, 0) is 10.3 Å². The van der Waals surface area contributed by atoms with E-state index in [-0.39, 0.29) is 36.6 Å². The smallest absolute Gasteiger partial charge is 0.411 e. The van der Waals surface area contributed by atoms with Crippen molar-refractivity contribution in [1.29, 1.82) is 0 Å². The van der Waals surface area contributed by atoms with Crippen LogP contribution in [0.3, 0.4) is 0 Å². The van der Waals surface area contributed by atoms with Gasteiger partial charge in [-0.3, -0.25) is 4.90 Å². The number of fused-ring (bicyclic) bond motifs is 1. The zero-order chi connectivity index (χ0) is 21.3. The predicted octanol–water partition coefficient (Wildman–Crippen LogP) is 2.95. The summed E-state index contributed by atoms with van der Waals surface area (Å²) in [6.07, 6.45) is 1.56. The van der Waals surface area contributed by atoms with E-state index >= 15 is 0 Å². The Bertz CT molecular complexity index is 897. The molecule has 3 fully saturated rings. The minimum Gasteiger partial charge on any atom is -0.431 e. The highest BCUT2D eigenvalue weighted by molar-refractivity contribution is 5.85. The van der Waals surface area contributed by atoms with Crippen molar-refractivity contribution in [2.45, 2.75) is 30.5 Å². The zero-order valence-electron chi connectivity index (χ0n) is 17.9. The largest absolute Gasteiger partial charge is 0.431 e. The van der Waals surface area contributed by atoms with Crippen LogP contribution in [0.1, 0.15) is 24.0 Å². The monoisotopic (exact) mass is 456 g/mol. The molecule has 0 bridgehead atoms. The van der Waals surface area contributed by atoms with Crippen molar-refractivity contribution in [3.8, 4) is 0 Å². The van der Waals surface area contributed by atoms with Gasteiger partial charge in [0.2, 0.25) is 0 Å². The number of piperazine rings is 1. The normalized spacial score (nSPS) is 22.5. The highest BCUT2D eigenvalue weighted by Gasteiger charge is 2.58. The van der Waals surface area contributed by atoms with E-state index in [1.807, 2.05) is 65.6 Å². The number of ether oxygens (including phenoxy) is 1. The molecule has 3 amide bonds. The summed E-state index contributed by atoms with van der Waals surface area (Å²) in [6.45, 7) is 3.24. The molecule has 2 aromatic carbocycles. The average Bonchev–Trinajstić information content (AvgIpc) is 3.13. The lowest BCUT2D eigenvalue weighted by Crippen LogP contribution is -2.60. The van der Waals surface area contributed by atoms with Gasteiger partial charge in [0.05, 0.1) is 0 Å². The first-order chi connectivity index (χ1) is 15.2. The maximum absolute atomic E-state index is 13.1. The number of rotatable bonds is 3. The number of nitrogens with zero attached hydrogens (tertiary/aromatic N) is 2. The molecule has 0 saturated carbocycles. The van der Waals surface area contributed by atoms with E-state index in [0.717, 1.165) is 37.1 Å². The fraction of sp³-hybridized carbons (Fsp3) is 0.417. The summed E-state index contributed by atoms with van der Waals surface area (Å²) in [5, 5.41) is 6.51. The van der Waals surface area contributed by atoms with Gasteiger partial charge < -0.3 is 20.3 Å². The van der Waals surface area contributed by atoms with Crippen LogP contribution in [0.5, 0.6) is 0 Å². The van der Waals surface area contributed by atoms with Crippen LogP contribution in [0.2, 0.25) is 0 Å². The maximum Gasteiger partial charge on any atom is 0.411 e.